The minimum absolute atomic E-state index is 0.0801. The smallest absolute Gasteiger partial charge is 0.306 e. The number of esters is 2. The summed E-state index contributed by atoms with van der Waals surface area (Å²) in [6, 6.07) is 0. The second kappa shape index (κ2) is 9.09. The van der Waals surface area contributed by atoms with Crippen LogP contribution >= 0.6 is 11.6 Å². The molecule has 0 aromatic heterocycles. The van der Waals surface area contributed by atoms with Gasteiger partial charge in [-0.1, -0.05) is 46.3 Å². The summed E-state index contributed by atoms with van der Waals surface area (Å²) in [6.07, 6.45) is 6.18. The number of carbonyl (C=O) groups is 4. The van der Waals surface area contributed by atoms with E-state index >= 15 is 0 Å². The van der Waals surface area contributed by atoms with E-state index in [0.29, 0.717) is 19.3 Å². The highest BCUT2D eigenvalue weighted by molar-refractivity contribution is 6.26. The van der Waals surface area contributed by atoms with Gasteiger partial charge in [0.25, 0.3) is 0 Å². The minimum Gasteiger partial charge on any atom is -0.457 e. The van der Waals surface area contributed by atoms with Crippen LogP contribution < -0.4 is 0 Å². The number of fused-ring (bicyclic) bond motifs is 5. The molecule has 0 bridgehead atoms. The van der Waals surface area contributed by atoms with E-state index in [9.17, 15) is 24.3 Å². The summed E-state index contributed by atoms with van der Waals surface area (Å²) in [7, 11) is 0. The zero-order valence-corrected chi connectivity index (χ0v) is 22.5. The van der Waals surface area contributed by atoms with Gasteiger partial charge in [-0.3, -0.25) is 19.2 Å². The number of aliphatic hydroxyl groups is 1. The van der Waals surface area contributed by atoms with Gasteiger partial charge in [0.1, 0.15) is 0 Å². The number of alkyl halides is 1. The van der Waals surface area contributed by atoms with Crippen molar-refractivity contribution in [1.82, 2.24) is 0 Å². The molecule has 3 fully saturated rings. The summed E-state index contributed by atoms with van der Waals surface area (Å²) < 4.78 is 11.3. The van der Waals surface area contributed by atoms with Crippen molar-refractivity contribution in [2.45, 2.75) is 89.7 Å². The quantitative estimate of drug-likeness (QED) is 0.415. The Hall–Kier alpha value is -1.99. The number of allylic oxidation sites excluding steroid dienone is 4. The lowest BCUT2D eigenvalue weighted by atomic mass is 9.45. The second-order valence-corrected chi connectivity index (χ2v) is 12.0. The Bertz CT molecular complexity index is 1050. The largest absolute Gasteiger partial charge is 0.457 e. The number of carbonyl (C=O) groups excluding carboxylic acids is 4. The highest BCUT2D eigenvalue weighted by Gasteiger charge is 2.76. The zero-order chi connectivity index (χ0) is 26.7. The average Bonchev–Trinajstić information content (AvgIpc) is 3.05. The average molecular weight is 521 g/mol. The molecular weight excluding hydrogens is 484 g/mol. The van der Waals surface area contributed by atoms with Crippen molar-refractivity contribution in [3.8, 4) is 0 Å². The van der Waals surface area contributed by atoms with E-state index in [2.05, 4.69) is 0 Å². The van der Waals surface area contributed by atoms with Crippen molar-refractivity contribution < 1.29 is 33.8 Å². The van der Waals surface area contributed by atoms with Crippen LogP contribution in [0.3, 0.4) is 0 Å². The van der Waals surface area contributed by atoms with E-state index in [-0.39, 0.29) is 42.8 Å². The molecule has 2 unspecified atom stereocenters. The summed E-state index contributed by atoms with van der Waals surface area (Å²) >= 11 is 7.48. The van der Waals surface area contributed by atoms with Gasteiger partial charge in [-0.15, -0.1) is 11.6 Å². The highest BCUT2D eigenvalue weighted by atomic mass is 35.5. The molecule has 3 saturated carbocycles. The van der Waals surface area contributed by atoms with Crippen LogP contribution in [-0.2, 0) is 28.7 Å². The van der Waals surface area contributed by atoms with E-state index in [1.54, 1.807) is 19.9 Å². The lowest BCUT2D eigenvalue weighted by Gasteiger charge is -2.64. The van der Waals surface area contributed by atoms with E-state index in [4.69, 9.17) is 21.1 Å². The Morgan fingerprint density at radius 3 is 2.44 bits per heavy atom. The van der Waals surface area contributed by atoms with E-state index in [0.717, 1.165) is 5.57 Å². The molecule has 0 radical (unpaired) electrons. The predicted octanol–water partition coefficient (Wildman–Crippen LogP) is 4.09. The first-order valence-corrected chi connectivity index (χ1v) is 13.4. The molecule has 36 heavy (non-hydrogen) atoms. The Labute approximate surface area is 217 Å². The maximum atomic E-state index is 13.9. The van der Waals surface area contributed by atoms with Gasteiger partial charge in [-0.05, 0) is 49.7 Å². The zero-order valence-electron chi connectivity index (χ0n) is 21.8. The van der Waals surface area contributed by atoms with Crippen molar-refractivity contribution >= 4 is 35.1 Å². The van der Waals surface area contributed by atoms with Crippen LogP contribution in [0.25, 0.3) is 0 Å². The van der Waals surface area contributed by atoms with Crippen molar-refractivity contribution in [3.05, 3.63) is 23.8 Å². The van der Waals surface area contributed by atoms with Crippen molar-refractivity contribution in [1.29, 1.82) is 0 Å². The van der Waals surface area contributed by atoms with Crippen LogP contribution in [-0.4, -0.2) is 51.8 Å². The van der Waals surface area contributed by atoms with Crippen molar-refractivity contribution in [2.75, 3.05) is 6.61 Å². The molecule has 198 valence electrons. The summed E-state index contributed by atoms with van der Waals surface area (Å²) in [5, 5.41) is 11.8. The van der Waals surface area contributed by atoms with Gasteiger partial charge in [-0.2, -0.15) is 0 Å². The number of rotatable bonds is 6. The molecule has 0 saturated heterocycles. The van der Waals surface area contributed by atoms with Gasteiger partial charge in [0.15, 0.2) is 18.0 Å². The molecule has 0 spiro atoms. The molecule has 4 rings (SSSR count). The molecular formula is C28H37ClO7. The molecule has 7 nitrogen and oxygen atoms in total. The Morgan fingerprint density at radius 1 is 1.14 bits per heavy atom. The predicted molar refractivity (Wildman–Crippen MR) is 133 cm³/mol. The lowest BCUT2D eigenvalue weighted by Crippen LogP contribution is -2.69. The fraction of sp³-hybridized carbons (Fsp3) is 0.714. The van der Waals surface area contributed by atoms with Gasteiger partial charge >= 0.3 is 11.9 Å². The number of ether oxygens (including phenoxy) is 2. The summed E-state index contributed by atoms with van der Waals surface area (Å²) in [5.74, 6) is -2.24. The number of ketones is 2. The van der Waals surface area contributed by atoms with E-state index < -0.39 is 51.7 Å². The van der Waals surface area contributed by atoms with E-state index in [1.165, 1.54) is 6.08 Å². The maximum Gasteiger partial charge on any atom is 0.306 e. The van der Waals surface area contributed by atoms with Crippen molar-refractivity contribution in [3.63, 3.8) is 0 Å². The molecule has 0 heterocycles. The molecule has 0 aliphatic heterocycles. The number of halogens is 1. The van der Waals surface area contributed by atoms with Gasteiger partial charge in [0.05, 0.1) is 11.0 Å². The summed E-state index contributed by atoms with van der Waals surface area (Å²) in [6.45, 7) is 8.61. The van der Waals surface area contributed by atoms with Gasteiger partial charge in [0, 0.05) is 29.6 Å². The monoisotopic (exact) mass is 520 g/mol. The fourth-order valence-electron chi connectivity index (χ4n) is 8.01. The normalized spacial score (nSPS) is 43.1. The molecule has 1 N–H and O–H groups in total. The lowest BCUT2D eigenvalue weighted by molar-refractivity contribution is -0.203. The Balaban J connectivity index is 1.80. The standard InChI is InChI=1S/C28H37ClO7/c1-6-23(33)35-15-22(32)28(36-24(34)7-2)16(3)12-20-19-9-8-17-13-18(30)10-11-25(17,4)27(19,29)21(31)14-26(20,28)5/h10-11,13,16,19-21,31H,6-9,12,14-15H2,1-5H3/t16?,19-,20-,21?,25-,26-,27-,28-/m0/s1. The maximum absolute atomic E-state index is 13.9. The third-order valence-electron chi connectivity index (χ3n) is 9.81. The number of hydrogen-bond acceptors (Lipinski definition) is 7. The molecule has 0 aromatic rings. The van der Waals surface area contributed by atoms with Crippen LogP contribution in [0.5, 0.6) is 0 Å². The molecule has 0 amide bonds. The molecule has 4 aliphatic rings. The Kier molecular flexibility index (Phi) is 6.83. The van der Waals surface area contributed by atoms with Crippen LogP contribution in [0.4, 0.5) is 0 Å². The van der Waals surface area contributed by atoms with Crippen LogP contribution in [0.1, 0.15) is 73.1 Å². The summed E-state index contributed by atoms with van der Waals surface area (Å²) in [5.41, 5.74) is -2.27. The highest BCUT2D eigenvalue weighted by Crippen LogP contribution is 2.72. The molecule has 4 aliphatic carbocycles. The molecule has 8 heteroatoms. The SMILES string of the molecule is CCC(=O)OCC(=O)[C@@]1(OC(=O)CC)C(C)C[C@H]2[C@@H]3CCC4=CC(=O)C=C[C@]4(C)[C@@]3(Cl)C(O)C[C@@]21C. The van der Waals surface area contributed by atoms with Crippen LogP contribution in [0, 0.1) is 28.6 Å². The number of Topliss-reactive ketones (excluding diaryl/α,β-unsaturated/α-hetero) is 1. The first-order valence-electron chi connectivity index (χ1n) is 13.0. The molecule has 8 atom stereocenters. The first kappa shape index (κ1) is 27.1. The van der Waals surface area contributed by atoms with Gasteiger partial charge in [0.2, 0.25) is 5.78 Å². The topological polar surface area (TPSA) is 107 Å². The number of aliphatic hydroxyl groups excluding tert-OH is 1. The first-order chi connectivity index (χ1) is 16.8. The fourth-order valence-corrected chi connectivity index (χ4v) is 8.53. The van der Waals surface area contributed by atoms with Crippen LogP contribution in [0.2, 0.25) is 0 Å². The van der Waals surface area contributed by atoms with E-state index in [1.807, 2.05) is 26.8 Å². The second-order valence-electron chi connectivity index (χ2n) is 11.4. The van der Waals surface area contributed by atoms with Crippen molar-refractivity contribution in [2.24, 2.45) is 28.6 Å². The van der Waals surface area contributed by atoms with Crippen LogP contribution in [0.15, 0.2) is 23.8 Å². The number of hydrogen-bond donors (Lipinski definition) is 1. The van der Waals surface area contributed by atoms with Gasteiger partial charge in [-0.25, -0.2) is 0 Å². The van der Waals surface area contributed by atoms with Gasteiger partial charge < -0.3 is 14.6 Å². The third-order valence-corrected chi connectivity index (χ3v) is 10.7. The molecule has 0 aromatic carbocycles. The third kappa shape index (κ3) is 3.48. The minimum atomic E-state index is -1.55. The Morgan fingerprint density at radius 2 is 1.81 bits per heavy atom. The summed E-state index contributed by atoms with van der Waals surface area (Å²) in [4.78, 5) is 49.5.